The molecule has 6 heteroatoms. The van der Waals surface area contributed by atoms with Gasteiger partial charge in [-0.25, -0.2) is 13.4 Å². The molecule has 0 aliphatic heterocycles. The lowest BCUT2D eigenvalue weighted by Gasteiger charge is -2.04. The minimum atomic E-state index is -3.38. The lowest BCUT2D eigenvalue weighted by atomic mass is 10.1. The second-order valence-electron chi connectivity index (χ2n) is 4.48. The average Bonchev–Trinajstić information content (AvgIpc) is 3.03. The van der Waals surface area contributed by atoms with Crippen molar-refractivity contribution < 1.29 is 12.8 Å². The zero-order valence-corrected chi connectivity index (χ0v) is 11.8. The molecule has 0 unspecified atom stereocenters. The van der Waals surface area contributed by atoms with Gasteiger partial charge in [-0.15, -0.1) is 0 Å². The van der Waals surface area contributed by atoms with Crippen molar-refractivity contribution in [3.05, 3.63) is 66.8 Å². The summed E-state index contributed by atoms with van der Waals surface area (Å²) >= 11 is 0. The molecule has 21 heavy (non-hydrogen) atoms. The largest absolute Gasteiger partial charge is 0.445 e. The van der Waals surface area contributed by atoms with Crippen LogP contribution in [0.4, 0.5) is 0 Å². The molecule has 3 aromatic rings. The van der Waals surface area contributed by atoms with E-state index in [2.05, 4.69) is 9.97 Å². The number of hydrogen-bond acceptors (Lipinski definition) is 5. The Morgan fingerprint density at radius 2 is 1.86 bits per heavy atom. The number of rotatable bonds is 4. The Labute approximate surface area is 122 Å². The van der Waals surface area contributed by atoms with Crippen LogP contribution < -0.4 is 0 Å². The molecule has 2 heterocycles. The van der Waals surface area contributed by atoms with Gasteiger partial charge in [0, 0.05) is 18.0 Å². The number of aromatic nitrogens is 2. The first-order valence-corrected chi connectivity index (χ1v) is 7.92. The Balaban J connectivity index is 1.83. The molecule has 0 fully saturated rings. The highest BCUT2D eigenvalue weighted by Gasteiger charge is 2.15. The van der Waals surface area contributed by atoms with Crippen molar-refractivity contribution in [2.45, 2.75) is 10.6 Å². The van der Waals surface area contributed by atoms with Crippen LogP contribution in [0, 0.1) is 0 Å². The number of benzene rings is 1. The standard InChI is InChI=1S/C15H12N2O3S/c18-21(19,14-2-1-7-16-10-14)11-12-3-5-13(6-4-12)15-17-8-9-20-15/h1-10H,11H2. The zero-order chi connectivity index (χ0) is 14.7. The van der Waals surface area contributed by atoms with Crippen molar-refractivity contribution in [2.24, 2.45) is 0 Å². The maximum absolute atomic E-state index is 12.2. The van der Waals surface area contributed by atoms with Crippen molar-refractivity contribution in [1.82, 2.24) is 9.97 Å². The Kier molecular flexibility index (Phi) is 3.53. The quantitative estimate of drug-likeness (QED) is 0.740. The topological polar surface area (TPSA) is 73.1 Å². The molecule has 106 valence electrons. The molecule has 2 aromatic heterocycles. The SMILES string of the molecule is O=S(=O)(Cc1ccc(-c2ncco2)cc1)c1cccnc1. The fourth-order valence-electron chi connectivity index (χ4n) is 1.94. The van der Waals surface area contributed by atoms with Gasteiger partial charge in [0.1, 0.15) is 6.26 Å². The molecule has 0 amide bonds. The van der Waals surface area contributed by atoms with Crippen molar-refractivity contribution >= 4 is 9.84 Å². The number of oxazole rings is 1. The first-order valence-electron chi connectivity index (χ1n) is 6.27. The molecular formula is C15H12N2O3S. The van der Waals surface area contributed by atoms with Crippen LogP contribution in [0.1, 0.15) is 5.56 Å². The second-order valence-corrected chi connectivity index (χ2v) is 6.47. The van der Waals surface area contributed by atoms with E-state index in [-0.39, 0.29) is 10.6 Å². The second kappa shape index (κ2) is 5.49. The third-order valence-electron chi connectivity index (χ3n) is 2.98. The first kappa shape index (κ1) is 13.5. The molecule has 1 aromatic carbocycles. The highest BCUT2D eigenvalue weighted by Crippen LogP contribution is 2.20. The van der Waals surface area contributed by atoms with E-state index in [9.17, 15) is 8.42 Å². The molecule has 0 aliphatic rings. The number of sulfone groups is 1. The average molecular weight is 300 g/mol. The molecule has 0 spiro atoms. The van der Waals surface area contributed by atoms with E-state index in [0.29, 0.717) is 11.5 Å². The van der Waals surface area contributed by atoms with Crippen LogP contribution in [0.3, 0.4) is 0 Å². The fraction of sp³-hybridized carbons (Fsp3) is 0.0667. The number of hydrogen-bond donors (Lipinski definition) is 0. The van der Waals surface area contributed by atoms with Crippen LogP contribution in [-0.4, -0.2) is 18.4 Å². The summed E-state index contributed by atoms with van der Waals surface area (Å²) in [6.45, 7) is 0. The van der Waals surface area contributed by atoms with Crippen LogP contribution in [0.5, 0.6) is 0 Å². The predicted molar refractivity (Wildman–Crippen MR) is 77.1 cm³/mol. The summed E-state index contributed by atoms with van der Waals surface area (Å²) in [5.41, 5.74) is 1.51. The van der Waals surface area contributed by atoms with Gasteiger partial charge in [-0.3, -0.25) is 4.98 Å². The molecule has 0 bridgehead atoms. The van der Waals surface area contributed by atoms with E-state index >= 15 is 0 Å². The van der Waals surface area contributed by atoms with Gasteiger partial charge in [0.25, 0.3) is 0 Å². The summed E-state index contributed by atoms with van der Waals surface area (Å²) in [7, 11) is -3.38. The predicted octanol–water partition coefficient (Wildman–Crippen LogP) is 2.71. The van der Waals surface area contributed by atoms with E-state index in [1.165, 1.54) is 12.5 Å². The van der Waals surface area contributed by atoms with E-state index in [1.54, 1.807) is 48.8 Å². The lowest BCUT2D eigenvalue weighted by Crippen LogP contribution is -2.05. The van der Waals surface area contributed by atoms with Crippen LogP contribution >= 0.6 is 0 Å². The Bertz CT molecular complexity index is 811. The summed E-state index contributed by atoms with van der Waals surface area (Å²) in [4.78, 5) is 8.11. The summed E-state index contributed by atoms with van der Waals surface area (Å²) in [5, 5.41) is 0. The molecule has 0 saturated heterocycles. The molecule has 3 rings (SSSR count). The van der Waals surface area contributed by atoms with Gasteiger partial charge in [0.15, 0.2) is 9.84 Å². The smallest absolute Gasteiger partial charge is 0.225 e. The summed E-state index contributed by atoms with van der Waals surface area (Å²) < 4.78 is 29.7. The monoisotopic (exact) mass is 300 g/mol. The van der Waals surface area contributed by atoms with E-state index in [0.717, 1.165) is 5.56 Å². The Morgan fingerprint density at radius 3 is 2.48 bits per heavy atom. The van der Waals surface area contributed by atoms with E-state index in [1.807, 2.05) is 0 Å². The maximum atomic E-state index is 12.2. The summed E-state index contributed by atoms with van der Waals surface area (Å²) in [6.07, 6.45) is 5.97. The minimum Gasteiger partial charge on any atom is -0.445 e. The van der Waals surface area contributed by atoms with Gasteiger partial charge in [-0.2, -0.15) is 0 Å². The van der Waals surface area contributed by atoms with Crippen molar-refractivity contribution in [2.75, 3.05) is 0 Å². The van der Waals surface area contributed by atoms with Crippen LogP contribution in [0.15, 0.2) is 70.6 Å². The molecule has 0 aliphatic carbocycles. The van der Waals surface area contributed by atoms with Crippen LogP contribution in [0.2, 0.25) is 0 Å². The summed E-state index contributed by atoms with van der Waals surface area (Å²) in [6, 6.07) is 10.3. The third-order valence-corrected chi connectivity index (χ3v) is 4.66. The van der Waals surface area contributed by atoms with Gasteiger partial charge in [-0.05, 0) is 29.8 Å². The van der Waals surface area contributed by atoms with Gasteiger partial charge in [0.05, 0.1) is 16.8 Å². The van der Waals surface area contributed by atoms with Crippen molar-refractivity contribution in [3.63, 3.8) is 0 Å². The fourth-order valence-corrected chi connectivity index (χ4v) is 3.25. The van der Waals surface area contributed by atoms with Crippen LogP contribution in [0.25, 0.3) is 11.5 Å². The van der Waals surface area contributed by atoms with E-state index < -0.39 is 9.84 Å². The summed E-state index contributed by atoms with van der Waals surface area (Å²) in [5.74, 6) is 0.446. The van der Waals surface area contributed by atoms with E-state index in [4.69, 9.17) is 4.42 Å². The van der Waals surface area contributed by atoms with Crippen LogP contribution in [-0.2, 0) is 15.6 Å². The zero-order valence-electron chi connectivity index (χ0n) is 11.0. The Hall–Kier alpha value is -2.47. The molecule has 0 radical (unpaired) electrons. The number of pyridine rings is 1. The van der Waals surface area contributed by atoms with Crippen molar-refractivity contribution in [1.29, 1.82) is 0 Å². The highest BCUT2D eigenvalue weighted by molar-refractivity contribution is 7.90. The van der Waals surface area contributed by atoms with Gasteiger partial charge < -0.3 is 4.42 Å². The molecule has 0 N–H and O–H groups in total. The van der Waals surface area contributed by atoms with Gasteiger partial charge >= 0.3 is 0 Å². The highest BCUT2D eigenvalue weighted by atomic mass is 32.2. The van der Waals surface area contributed by atoms with Crippen molar-refractivity contribution in [3.8, 4) is 11.5 Å². The normalized spacial score (nSPS) is 11.4. The number of nitrogens with zero attached hydrogens (tertiary/aromatic N) is 2. The molecular weight excluding hydrogens is 288 g/mol. The molecule has 0 atom stereocenters. The third kappa shape index (κ3) is 3.00. The first-order chi connectivity index (χ1) is 10.1. The van der Waals surface area contributed by atoms with Gasteiger partial charge in [0.2, 0.25) is 5.89 Å². The lowest BCUT2D eigenvalue weighted by molar-refractivity contribution is 0.574. The minimum absolute atomic E-state index is 0.0649. The molecule has 5 nitrogen and oxygen atoms in total. The van der Waals surface area contributed by atoms with Gasteiger partial charge in [-0.1, -0.05) is 12.1 Å². The molecule has 0 saturated carbocycles. The Morgan fingerprint density at radius 1 is 1.05 bits per heavy atom. The maximum Gasteiger partial charge on any atom is 0.225 e.